The summed E-state index contributed by atoms with van der Waals surface area (Å²) in [5.74, 6) is 0. The lowest BCUT2D eigenvalue weighted by Crippen LogP contribution is -2.47. The normalized spacial score (nSPS) is 13.2. The first-order valence-corrected chi connectivity index (χ1v) is 7.70. The van der Waals surface area contributed by atoms with Crippen LogP contribution in [-0.4, -0.2) is 6.03 Å². The molecule has 0 aliphatic rings. The van der Waals surface area contributed by atoms with Crippen LogP contribution in [0.15, 0.2) is 54.6 Å². The molecule has 2 aromatic carbocycles. The Balaban J connectivity index is 1.99. The van der Waals surface area contributed by atoms with Gasteiger partial charge in [0.05, 0.1) is 5.54 Å². The van der Waals surface area contributed by atoms with Crippen LogP contribution in [0.1, 0.15) is 37.0 Å². The minimum Gasteiger partial charge on any atom is -0.334 e. The van der Waals surface area contributed by atoms with Crippen molar-refractivity contribution in [3.8, 4) is 0 Å². The minimum absolute atomic E-state index is 0.145. The number of aryl methyl sites for hydroxylation is 1. The lowest BCUT2D eigenvalue weighted by atomic mass is 9.89. The maximum Gasteiger partial charge on any atom is 0.315 e. The summed E-state index contributed by atoms with van der Waals surface area (Å²) in [6.45, 7) is 6.73. The fourth-order valence-electron chi connectivity index (χ4n) is 2.36. The summed E-state index contributed by atoms with van der Waals surface area (Å²) in [6, 6.07) is 18.1. The van der Waals surface area contributed by atoms with Crippen molar-refractivity contribution in [1.82, 2.24) is 10.6 Å². The molecule has 2 amide bonds. The van der Waals surface area contributed by atoms with Gasteiger partial charge in [-0.15, -0.1) is 0 Å². The van der Waals surface area contributed by atoms with Gasteiger partial charge in [0.2, 0.25) is 0 Å². The molecule has 1 unspecified atom stereocenters. The van der Waals surface area contributed by atoms with Crippen LogP contribution in [0.25, 0.3) is 0 Å². The molecule has 0 aliphatic heterocycles. The van der Waals surface area contributed by atoms with Crippen LogP contribution >= 0.6 is 0 Å². The lowest BCUT2D eigenvalue weighted by molar-refractivity contribution is 0.225. The number of urea groups is 1. The quantitative estimate of drug-likeness (QED) is 0.856. The van der Waals surface area contributed by atoms with Crippen molar-refractivity contribution >= 4 is 6.03 Å². The van der Waals surface area contributed by atoms with Crippen molar-refractivity contribution in [1.29, 1.82) is 0 Å². The molecule has 3 nitrogen and oxygen atoms in total. The van der Waals surface area contributed by atoms with Crippen LogP contribution in [-0.2, 0) is 12.1 Å². The Bertz CT molecular complexity index is 607. The van der Waals surface area contributed by atoms with Crippen LogP contribution in [0, 0.1) is 6.92 Å². The van der Waals surface area contributed by atoms with E-state index in [1.54, 1.807) is 0 Å². The van der Waals surface area contributed by atoms with Gasteiger partial charge in [0.25, 0.3) is 0 Å². The number of rotatable bonds is 5. The molecule has 0 aliphatic carbocycles. The number of hydrogen-bond donors (Lipinski definition) is 2. The zero-order chi connectivity index (χ0) is 16.0. The smallest absolute Gasteiger partial charge is 0.315 e. The fraction of sp³-hybridized carbons (Fsp3) is 0.316. The predicted molar refractivity (Wildman–Crippen MR) is 90.6 cm³/mol. The molecule has 0 saturated carbocycles. The molecule has 1 atom stereocenters. The van der Waals surface area contributed by atoms with Gasteiger partial charge in [0.15, 0.2) is 0 Å². The van der Waals surface area contributed by atoms with Crippen LogP contribution in [0.2, 0.25) is 0 Å². The maximum absolute atomic E-state index is 12.2. The van der Waals surface area contributed by atoms with E-state index in [0.29, 0.717) is 6.54 Å². The number of carbonyl (C=O) groups excluding carboxylic acids is 1. The Hall–Kier alpha value is -2.29. The van der Waals surface area contributed by atoms with Crippen molar-refractivity contribution in [3.63, 3.8) is 0 Å². The van der Waals surface area contributed by atoms with Gasteiger partial charge in [-0.1, -0.05) is 67.1 Å². The summed E-state index contributed by atoms with van der Waals surface area (Å²) >= 11 is 0. The summed E-state index contributed by atoms with van der Waals surface area (Å²) in [5, 5.41) is 6.02. The van der Waals surface area contributed by atoms with Crippen LogP contribution in [0.5, 0.6) is 0 Å². The van der Waals surface area contributed by atoms with Gasteiger partial charge in [0.1, 0.15) is 0 Å². The third-order valence-electron chi connectivity index (χ3n) is 4.08. The van der Waals surface area contributed by atoms with E-state index in [-0.39, 0.29) is 11.6 Å². The number of carbonyl (C=O) groups is 1. The van der Waals surface area contributed by atoms with Crippen molar-refractivity contribution < 1.29 is 4.79 Å². The number of benzene rings is 2. The second kappa shape index (κ2) is 7.12. The van der Waals surface area contributed by atoms with Gasteiger partial charge in [0, 0.05) is 6.54 Å². The first-order valence-electron chi connectivity index (χ1n) is 7.70. The number of hydrogen-bond acceptors (Lipinski definition) is 1. The Morgan fingerprint density at radius 2 is 1.68 bits per heavy atom. The maximum atomic E-state index is 12.2. The lowest BCUT2D eigenvalue weighted by Gasteiger charge is -2.30. The van der Waals surface area contributed by atoms with Gasteiger partial charge in [-0.2, -0.15) is 0 Å². The Labute approximate surface area is 132 Å². The summed E-state index contributed by atoms with van der Waals surface area (Å²) in [5.41, 5.74) is 3.06. The fourth-order valence-corrected chi connectivity index (χ4v) is 2.36. The topological polar surface area (TPSA) is 41.1 Å². The van der Waals surface area contributed by atoms with Crippen LogP contribution in [0.3, 0.4) is 0 Å². The summed E-state index contributed by atoms with van der Waals surface area (Å²) < 4.78 is 0. The molecule has 2 rings (SSSR count). The molecule has 0 spiro atoms. The largest absolute Gasteiger partial charge is 0.334 e. The predicted octanol–water partition coefficient (Wildman–Crippen LogP) is 4.12. The molecular weight excluding hydrogens is 272 g/mol. The first kappa shape index (κ1) is 16.1. The molecule has 116 valence electrons. The zero-order valence-electron chi connectivity index (χ0n) is 13.5. The van der Waals surface area contributed by atoms with E-state index in [4.69, 9.17) is 0 Å². The van der Waals surface area contributed by atoms with E-state index < -0.39 is 0 Å². The Kier molecular flexibility index (Phi) is 5.21. The highest BCUT2D eigenvalue weighted by Crippen LogP contribution is 2.24. The molecule has 0 radical (unpaired) electrons. The number of amides is 2. The second-order valence-electron chi connectivity index (χ2n) is 5.84. The molecule has 0 heterocycles. The van der Waals surface area contributed by atoms with Crippen LogP contribution in [0.4, 0.5) is 4.79 Å². The van der Waals surface area contributed by atoms with E-state index in [9.17, 15) is 4.79 Å². The molecule has 0 saturated heterocycles. The van der Waals surface area contributed by atoms with Crippen molar-refractivity contribution in [2.45, 2.75) is 39.3 Å². The minimum atomic E-state index is -0.367. The molecule has 22 heavy (non-hydrogen) atoms. The van der Waals surface area contributed by atoms with E-state index in [1.807, 2.05) is 30.3 Å². The first-order chi connectivity index (χ1) is 10.5. The van der Waals surface area contributed by atoms with Gasteiger partial charge in [-0.05, 0) is 31.4 Å². The van der Waals surface area contributed by atoms with Gasteiger partial charge in [-0.25, -0.2) is 4.79 Å². The average molecular weight is 296 g/mol. The number of nitrogens with one attached hydrogen (secondary N) is 2. The standard InChI is InChI=1S/C19H24N2O/c1-4-19(3,17-12-10-15(2)11-13-17)21-18(22)20-14-16-8-6-5-7-9-16/h5-13H,4,14H2,1-3H3,(H2,20,21,22). The van der Waals surface area contributed by atoms with Crippen LogP contribution < -0.4 is 10.6 Å². The Morgan fingerprint density at radius 1 is 1.05 bits per heavy atom. The molecule has 2 N–H and O–H groups in total. The Morgan fingerprint density at radius 3 is 2.27 bits per heavy atom. The molecule has 0 bridgehead atoms. The van der Waals surface area contributed by atoms with E-state index >= 15 is 0 Å². The van der Waals surface area contributed by atoms with E-state index in [0.717, 1.165) is 17.5 Å². The summed E-state index contributed by atoms with van der Waals surface area (Å²) in [7, 11) is 0. The van der Waals surface area contributed by atoms with E-state index in [1.165, 1.54) is 5.56 Å². The molecule has 0 aromatic heterocycles. The SMILES string of the molecule is CCC(C)(NC(=O)NCc1ccccc1)c1ccc(C)cc1. The van der Waals surface area contributed by atoms with Crippen molar-refractivity contribution in [2.75, 3.05) is 0 Å². The monoisotopic (exact) mass is 296 g/mol. The summed E-state index contributed by atoms with van der Waals surface area (Å²) in [4.78, 5) is 12.2. The van der Waals surface area contributed by atoms with Crippen molar-refractivity contribution in [2.24, 2.45) is 0 Å². The zero-order valence-corrected chi connectivity index (χ0v) is 13.5. The third-order valence-corrected chi connectivity index (χ3v) is 4.08. The highest BCUT2D eigenvalue weighted by atomic mass is 16.2. The second-order valence-corrected chi connectivity index (χ2v) is 5.84. The van der Waals surface area contributed by atoms with Crippen molar-refractivity contribution in [3.05, 3.63) is 71.3 Å². The molecular formula is C19H24N2O. The molecule has 0 fully saturated rings. The van der Waals surface area contributed by atoms with Gasteiger partial charge < -0.3 is 10.6 Å². The molecule has 3 heteroatoms. The molecule has 2 aromatic rings. The average Bonchev–Trinajstić information content (AvgIpc) is 2.54. The highest BCUT2D eigenvalue weighted by molar-refractivity contribution is 5.75. The summed E-state index contributed by atoms with van der Waals surface area (Å²) in [6.07, 6.45) is 0.828. The third kappa shape index (κ3) is 4.10. The highest BCUT2D eigenvalue weighted by Gasteiger charge is 2.26. The van der Waals surface area contributed by atoms with E-state index in [2.05, 4.69) is 55.7 Å². The van der Waals surface area contributed by atoms with Gasteiger partial charge >= 0.3 is 6.03 Å². The van der Waals surface area contributed by atoms with Gasteiger partial charge in [-0.3, -0.25) is 0 Å².